The summed E-state index contributed by atoms with van der Waals surface area (Å²) in [7, 11) is -3.39. The molecule has 2 atom stereocenters. The van der Waals surface area contributed by atoms with Crippen LogP contribution >= 0.6 is 0 Å². The molecule has 1 aromatic rings. The van der Waals surface area contributed by atoms with Crippen LogP contribution in [-0.4, -0.2) is 36.3 Å². The second-order valence-electron chi connectivity index (χ2n) is 5.60. The first-order valence-corrected chi connectivity index (χ1v) is 8.82. The van der Waals surface area contributed by atoms with Crippen molar-refractivity contribution >= 4 is 10.0 Å². The van der Waals surface area contributed by atoms with Gasteiger partial charge in [-0.3, -0.25) is 0 Å². The Kier molecular flexibility index (Phi) is 4.88. The van der Waals surface area contributed by atoms with E-state index in [1.54, 1.807) is 16.6 Å². The molecular weight excluding hydrogens is 274 g/mol. The van der Waals surface area contributed by atoms with E-state index in [4.69, 9.17) is 0 Å². The van der Waals surface area contributed by atoms with Crippen LogP contribution in [0.25, 0.3) is 0 Å². The zero-order valence-electron chi connectivity index (χ0n) is 12.5. The molecule has 0 aromatic carbocycles. The summed E-state index contributed by atoms with van der Waals surface area (Å²) in [5.41, 5.74) is 0.905. The van der Waals surface area contributed by atoms with E-state index in [0.717, 1.165) is 31.5 Å². The Bertz CT molecular complexity index is 528. The second kappa shape index (κ2) is 6.28. The number of aromatic nitrogens is 1. The number of rotatable bonds is 5. The van der Waals surface area contributed by atoms with Gasteiger partial charge in [0.15, 0.2) is 0 Å². The van der Waals surface area contributed by atoms with Crippen molar-refractivity contribution in [3.8, 4) is 0 Å². The van der Waals surface area contributed by atoms with Crippen LogP contribution in [-0.2, 0) is 16.6 Å². The first-order chi connectivity index (χ1) is 9.46. The van der Waals surface area contributed by atoms with Crippen molar-refractivity contribution in [2.75, 3.05) is 6.54 Å². The molecule has 0 aliphatic carbocycles. The monoisotopic (exact) mass is 299 g/mol. The highest BCUT2D eigenvalue weighted by molar-refractivity contribution is 7.89. The molecule has 1 aromatic heterocycles. The van der Waals surface area contributed by atoms with Crippen LogP contribution < -0.4 is 5.32 Å². The third-order valence-corrected chi connectivity index (χ3v) is 6.08. The Labute approximate surface area is 121 Å². The van der Waals surface area contributed by atoms with Crippen LogP contribution in [0.5, 0.6) is 0 Å². The van der Waals surface area contributed by atoms with Crippen molar-refractivity contribution in [1.29, 1.82) is 0 Å². The summed E-state index contributed by atoms with van der Waals surface area (Å²) in [6, 6.07) is 1.90. The van der Waals surface area contributed by atoms with Gasteiger partial charge < -0.3 is 10.3 Å². The third kappa shape index (κ3) is 3.07. The summed E-state index contributed by atoms with van der Waals surface area (Å²) in [6.45, 7) is 7.55. The van der Waals surface area contributed by atoms with Gasteiger partial charge in [-0.15, -0.1) is 0 Å². The number of H-pyrrole nitrogens is 1. The molecule has 0 radical (unpaired) electrons. The summed E-state index contributed by atoms with van der Waals surface area (Å²) in [5, 5.41) is 3.19. The van der Waals surface area contributed by atoms with Gasteiger partial charge in [0.2, 0.25) is 10.0 Å². The number of piperidine rings is 1. The number of sulfonamides is 1. The molecule has 2 rings (SSSR count). The van der Waals surface area contributed by atoms with Crippen molar-refractivity contribution in [3.63, 3.8) is 0 Å². The van der Waals surface area contributed by atoms with E-state index in [1.165, 1.54) is 0 Å². The van der Waals surface area contributed by atoms with E-state index in [2.05, 4.69) is 10.3 Å². The molecule has 1 fully saturated rings. The molecule has 2 heterocycles. The molecule has 5 nitrogen and oxygen atoms in total. The fourth-order valence-corrected chi connectivity index (χ4v) is 4.82. The molecule has 2 N–H and O–H groups in total. The van der Waals surface area contributed by atoms with Crippen molar-refractivity contribution in [3.05, 3.63) is 18.0 Å². The van der Waals surface area contributed by atoms with Crippen LogP contribution in [0.15, 0.2) is 17.2 Å². The van der Waals surface area contributed by atoms with Gasteiger partial charge in [-0.25, -0.2) is 8.42 Å². The summed E-state index contributed by atoms with van der Waals surface area (Å²) in [6.07, 6.45) is 4.60. The van der Waals surface area contributed by atoms with E-state index < -0.39 is 10.0 Å². The Morgan fingerprint density at radius 1 is 1.35 bits per heavy atom. The van der Waals surface area contributed by atoms with Crippen molar-refractivity contribution < 1.29 is 8.42 Å². The van der Waals surface area contributed by atoms with E-state index >= 15 is 0 Å². The van der Waals surface area contributed by atoms with Crippen LogP contribution in [0.1, 0.15) is 45.7 Å². The summed E-state index contributed by atoms with van der Waals surface area (Å²) >= 11 is 0. The normalized spacial score (nSPS) is 24.9. The van der Waals surface area contributed by atoms with Crippen LogP contribution in [0.4, 0.5) is 0 Å². The highest BCUT2D eigenvalue weighted by Crippen LogP contribution is 2.29. The lowest BCUT2D eigenvalue weighted by Gasteiger charge is -2.37. The number of nitrogens with one attached hydrogen (secondary N) is 2. The molecule has 0 spiro atoms. The fraction of sp³-hybridized carbons (Fsp3) is 0.714. The Balaban J connectivity index is 2.22. The largest absolute Gasteiger partial charge is 0.363 e. The van der Waals surface area contributed by atoms with Crippen molar-refractivity contribution in [1.82, 2.24) is 14.6 Å². The second-order valence-corrected chi connectivity index (χ2v) is 7.45. The number of nitrogens with zero attached hydrogens (tertiary/aromatic N) is 1. The maximum atomic E-state index is 12.8. The van der Waals surface area contributed by atoms with E-state index in [0.29, 0.717) is 11.4 Å². The minimum Gasteiger partial charge on any atom is -0.363 e. The molecule has 114 valence electrons. The summed E-state index contributed by atoms with van der Waals surface area (Å²) < 4.78 is 27.2. The first kappa shape index (κ1) is 15.5. The Hall–Kier alpha value is -0.850. The van der Waals surface area contributed by atoms with E-state index in [1.807, 2.05) is 20.8 Å². The van der Waals surface area contributed by atoms with Crippen LogP contribution in [0, 0.1) is 0 Å². The zero-order chi connectivity index (χ0) is 14.8. The number of hydrogen-bond acceptors (Lipinski definition) is 3. The first-order valence-electron chi connectivity index (χ1n) is 7.38. The Morgan fingerprint density at radius 2 is 2.00 bits per heavy atom. The van der Waals surface area contributed by atoms with Crippen molar-refractivity contribution in [2.24, 2.45) is 0 Å². The number of aromatic amines is 1. The molecule has 0 saturated carbocycles. The van der Waals surface area contributed by atoms with Gasteiger partial charge in [0.25, 0.3) is 0 Å². The van der Waals surface area contributed by atoms with Gasteiger partial charge in [0.05, 0.1) is 4.90 Å². The molecule has 6 heteroatoms. The molecule has 0 bridgehead atoms. The summed E-state index contributed by atoms with van der Waals surface area (Å²) in [5.74, 6) is 0. The van der Waals surface area contributed by atoms with Gasteiger partial charge in [-0.2, -0.15) is 4.31 Å². The van der Waals surface area contributed by atoms with E-state index in [9.17, 15) is 8.42 Å². The average molecular weight is 299 g/mol. The van der Waals surface area contributed by atoms with Gasteiger partial charge in [-0.1, -0.05) is 13.3 Å². The predicted octanol–water partition coefficient (Wildman–Crippen LogP) is 2.08. The molecule has 1 saturated heterocycles. The van der Waals surface area contributed by atoms with Gasteiger partial charge in [-0.05, 0) is 39.3 Å². The third-order valence-electron chi connectivity index (χ3n) is 3.97. The maximum absolute atomic E-state index is 12.8. The fourth-order valence-electron chi connectivity index (χ4n) is 2.92. The van der Waals surface area contributed by atoms with Gasteiger partial charge in [0, 0.05) is 30.5 Å². The van der Waals surface area contributed by atoms with Crippen LogP contribution in [0.2, 0.25) is 0 Å². The lowest BCUT2D eigenvalue weighted by atomic mass is 10.0. The molecule has 1 aliphatic rings. The maximum Gasteiger partial charge on any atom is 0.245 e. The predicted molar refractivity (Wildman–Crippen MR) is 80.0 cm³/mol. The summed E-state index contributed by atoms with van der Waals surface area (Å²) in [4.78, 5) is 3.43. The smallest absolute Gasteiger partial charge is 0.245 e. The highest BCUT2D eigenvalue weighted by atomic mass is 32.2. The molecule has 2 unspecified atom stereocenters. The zero-order valence-corrected chi connectivity index (χ0v) is 13.3. The SMILES string of the molecule is CCNCc1cc(S(=O)(=O)N2C(C)CCCC2C)c[nH]1. The molecule has 0 amide bonds. The standard InChI is InChI=1S/C14H25N3O2S/c1-4-15-9-13-8-14(10-16-13)20(18,19)17-11(2)6-5-7-12(17)3/h8,10-12,15-16H,4-7,9H2,1-3H3. The highest BCUT2D eigenvalue weighted by Gasteiger charge is 2.36. The minimum absolute atomic E-state index is 0.0795. The van der Waals surface area contributed by atoms with Crippen LogP contribution in [0.3, 0.4) is 0 Å². The van der Waals surface area contributed by atoms with Crippen molar-refractivity contribution in [2.45, 2.75) is 63.6 Å². The quantitative estimate of drug-likeness (QED) is 0.875. The average Bonchev–Trinajstić information content (AvgIpc) is 2.85. The minimum atomic E-state index is -3.39. The van der Waals surface area contributed by atoms with E-state index in [-0.39, 0.29) is 12.1 Å². The van der Waals surface area contributed by atoms with Gasteiger partial charge in [0.1, 0.15) is 0 Å². The molecule has 20 heavy (non-hydrogen) atoms. The molecular formula is C14H25N3O2S. The Morgan fingerprint density at radius 3 is 2.60 bits per heavy atom. The lowest BCUT2D eigenvalue weighted by Crippen LogP contribution is -2.47. The number of hydrogen-bond donors (Lipinski definition) is 2. The van der Waals surface area contributed by atoms with Gasteiger partial charge >= 0.3 is 0 Å². The topological polar surface area (TPSA) is 65.2 Å². The molecule has 1 aliphatic heterocycles. The lowest BCUT2D eigenvalue weighted by molar-refractivity contribution is 0.204.